The summed E-state index contributed by atoms with van der Waals surface area (Å²) in [4.78, 5) is 64.9. The van der Waals surface area contributed by atoms with Crippen LogP contribution in [0.25, 0.3) is 0 Å². The van der Waals surface area contributed by atoms with Crippen LogP contribution in [-0.2, 0) is 30.4 Å². The number of carbonyl (C=O) groups excluding carboxylic acids is 3. The zero-order valence-corrected chi connectivity index (χ0v) is 16.9. The summed E-state index contributed by atoms with van der Waals surface area (Å²) in [5.74, 6) is -5.10. The van der Waals surface area contributed by atoms with Crippen molar-refractivity contribution in [2.24, 2.45) is 5.73 Å². The quantitative estimate of drug-likeness (QED) is 0.156. The first-order valence-electron chi connectivity index (χ1n) is 8.74. The molecule has 1 aromatic heterocycles. The van der Waals surface area contributed by atoms with Crippen LogP contribution in [0.5, 0.6) is 0 Å². The van der Waals surface area contributed by atoms with Crippen LogP contribution >= 0.6 is 12.6 Å². The lowest BCUT2D eigenvalue weighted by Gasteiger charge is -2.22. The number of imidazole rings is 1. The smallest absolute Gasteiger partial charge is 0.326 e. The minimum atomic E-state index is -1.35. The number of nitrogens with two attached hydrogens (primary N) is 1. The molecule has 1 heterocycles. The van der Waals surface area contributed by atoms with Crippen molar-refractivity contribution in [1.29, 1.82) is 0 Å². The average molecular weight is 444 g/mol. The van der Waals surface area contributed by atoms with Gasteiger partial charge < -0.3 is 36.9 Å². The van der Waals surface area contributed by atoms with E-state index >= 15 is 0 Å². The fourth-order valence-corrected chi connectivity index (χ4v) is 2.50. The fourth-order valence-electron chi connectivity index (χ4n) is 2.25. The van der Waals surface area contributed by atoms with Gasteiger partial charge in [0.2, 0.25) is 17.7 Å². The van der Waals surface area contributed by atoms with Gasteiger partial charge in [-0.2, -0.15) is 12.6 Å². The molecule has 14 heteroatoms. The maximum absolute atomic E-state index is 12.4. The summed E-state index contributed by atoms with van der Waals surface area (Å²) in [6.45, 7) is 1.31. The van der Waals surface area contributed by atoms with Gasteiger partial charge in [0.1, 0.15) is 18.1 Å². The third kappa shape index (κ3) is 8.08. The van der Waals surface area contributed by atoms with Crippen LogP contribution in [0.2, 0.25) is 0 Å². The van der Waals surface area contributed by atoms with Gasteiger partial charge in [0.25, 0.3) is 0 Å². The number of aliphatic carboxylic acids is 2. The molecule has 0 bridgehead atoms. The molecule has 3 amide bonds. The number of nitrogens with zero attached hydrogens (tertiary/aromatic N) is 1. The molecular weight excluding hydrogens is 420 g/mol. The lowest BCUT2D eigenvalue weighted by molar-refractivity contribution is -0.142. The fraction of sp³-hybridized carbons (Fsp3) is 0.500. The summed E-state index contributed by atoms with van der Waals surface area (Å²) in [7, 11) is 0. The van der Waals surface area contributed by atoms with Crippen LogP contribution in [0.4, 0.5) is 0 Å². The number of carbonyl (C=O) groups is 5. The van der Waals surface area contributed by atoms with Gasteiger partial charge in [0.05, 0.1) is 18.8 Å². The predicted octanol–water partition coefficient (Wildman–Crippen LogP) is -2.76. The molecular formula is C16H24N6O7S. The Morgan fingerprint density at radius 2 is 1.73 bits per heavy atom. The number of H-pyrrole nitrogens is 1. The molecule has 0 spiro atoms. The van der Waals surface area contributed by atoms with Crippen LogP contribution in [0.1, 0.15) is 19.0 Å². The van der Waals surface area contributed by atoms with E-state index in [-0.39, 0.29) is 12.2 Å². The number of aromatic nitrogens is 2. The van der Waals surface area contributed by atoms with Gasteiger partial charge in [0, 0.05) is 24.1 Å². The first kappa shape index (κ1) is 24.9. The third-order valence-electron chi connectivity index (χ3n) is 3.89. The van der Waals surface area contributed by atoms with Crippen molar-refractivity contribution < 1.29 is 34.2 Å². The minimum Gasteiger partial charge on any atom is -0.481 e. The zero-order chi connectivity index (χ0) is 22.8. The Bertz CT molecular complexity index is 772. The Morgan fingerprint density at radius 1 is 1.10 bits per heavy atom. The van der Waals surface area contributed by atoms with Crippen molar-refractivity contribution in [1.82, 2.24) is 25.9 Å². The largest absolute Gasteiger partial charge is 0.481 e. The third-order valence-corrected chi connectivity index (χ3v) is 4.26. The predicted molar refractivity (Wildman–Crippen MR) is 105 cm³/mol. The standard InChI is InChI=1S/C16H24N6O7S/c1-7(20-14(26)9(17)3-12(23)24)13(25)22-11(5-30)15(27)21-10(16(28)29)2-8-4-18-6-19-8/h4,6-7,9-11,30H,2-3,5,17H2,1H3,(H,18,19)(H,20,26)(H,21,27)(H,22,25)(H,23,24)(H,28,29). The van der Waals surface area contributed by atoms with E-state index in [0.717, 1.165) is 0 Å². The molecule has 0 fully saturated rings. The van der Waals surface area contributed by atoms with Gasteiger partial charge >= 0.3 is 11.9 Å². The van der Waals surface area contributed by atoms with E-state index in [4.69, 9.17) is 10.8 Å². The summed E-state index contributed by atoms with van der Waals surface area (Å²) in [6, 6.07) is -4.94. The van der Waals surface area contributed by atoms with Gasteiger partial charge in [-0.05, 0) is 6.92 Å². The molecule has 166 valence electrons. The van der Waals surface area contributed by atoms with Crippen LogP contribution in [0.15, 0.2) is 12.5 Å². The minimum absolute atomic E-state index is 0.0533. The second-order valence-corrected chi connectivity index (χ2v) is 6.72. The van der Waals surface area contributed by atoms with Gasteiger partial charge in [-0.25, -0.2) is 9.78 Å². The maximum Gasteiger partial charge on any atom is 0.326 e. The van der Waals surface area contributed by atoms with E-state index in [1.807, 2.05) is 0 Å². The van der Waals surface area contributed by atoms with E-state index in [0.29, 0.717) is 5.69 Å². The van der Waals surface area contributed by atoms with E-state index in [1.165, 1.54) is 19.4 Å². The zero-order valence-electron chi connectivity index (χ0n) is 16.0. The summed E-state index contributed by atoms with van der Waals surface area (Å²) >= 11 is 3.99. The Kier molecular flexibility index (Phi) is 9.77. The Balaban J connectivity index is 2.66. The number of rotatable bonds is 12. The number of amides is 3. The molecule has 1 rings (SSSR count). The number of aromatic amines is 1. The van der Waals surface area contributed by atoms with Crippen molar-refractivity contribution in [2.75, 3.05) is 5.75 Å². The van der Waals surface area contributed by atoms with E-state index in [2.05, 4.69) is 38.5 Å². The average Bonchev–Trinajstić information content (AvgIpc) is 3.17. The Labute approximate surface area is 176 Å². The van der Waals surface area contributed by atoms with Crippen LogP contribution in [-0.4, -0.2) is 79.8 Å². The second-order valence-electron chi connectivity index (χ2n) is 6.36. The number of nitrogens with one attached hydrogen (secondary N) is 4. The monoisotopic (exact) mass is 444 g/mol. The van der Waals surface area contributed by atoms with Gasteiger partial charge in [-0.15, -0.1) is 0 Å². The molecule has 1 aromatic rings. The number of carboxylic acids is 2. The van der Waals surface area contributed by atoms with Crippen LogP contribution in [0.3, 0.4) is 0 Å². The molecule has 0 saturated carbocycles. The molecule has 0 aromatic carbocycles. The second kappa shape index (κ2) is 11.8. The van der Waals surface area contributed by atoms with Crippen molar-refractivity contribution in [3.63, 3.8) is 0 Å². The lowest BCUT2D eigenvalue weighted by Crippen LogP contribution is -2.57. The molecule has 0 aliphatic heterocycles. The summed E-state index contributed by atoms with van der Waals surface area (Å²) in [6.07, 6.45) is 2.11. The Hall–Kier alpha value is -3.13. The molecule has 0 aliphatic rings. The first-order chi connectivity index (χ1) is 14.0. The van der Waals surface area contributed by atoms with Crippen molar-refractivity contribution in [3.8, 4) is 0 Å². The highest BCUT2D eigenvalue weighted by Gasteiger charge is 2.28. The highest BCUT2D eigenvalue weighted by molar-refractivity contribution is 7.80. The number of thiol groups is 1. The van der Waals surface area contributed by atoms with Crippen LogP contribution < -0.4 is 21.7 Å². The van der Waals surface area contributed by atoms with E-state index in [9.17, 15) is 29.1 Å². The van der Waals surface area contributed by atoms with Crippen molar-refractivity contribution in [3.05, 3.63) is 18.2 Å². The van der Waals surface area contributed by atoms with Gasteiger partial charge in [-0.1, -0.05) is 0 Å². The first-order valence-corrected chi connectivity index (χ1v) is 9.37. The number of hydrogen-bond acceptors (Lipinski definition) is 8. The summed E-state index contributed by atoms with van der Waals surface area (Å²) < 4.78 is 0. The van der Waals surface area contributed by atoms with Crippen molar-refractivity contribution in [2.45, 2.75) is 43.9 Å². The highest BCUT2D eigenvalue weighted by atomic mass is 32.1. The van der Waals surface area contributed by atoms with E-state index in [1.54, 1.807) is 0 Å². The van der Waals surface area contributed by atoms with E-state index < -0.39 is 60.2 Å². The summed E-state index contributed by atoms with van der Waals surface area (Å²) in [5.41, 5.74) is 5.91. The number of carboxylic acid groups (broad SMARTS) is 2. The van der Waals surface area contributed by atoms with Crippen LogP contribution in [0, 0.1) is 0 Å². The molecule has 0 saturated heterocycles. The molecule has 13 nitrogen and oxygen atoms in total. The maximum atomic E-state index is 12.4. The molecule has 8 N–H and O–H groups in total. The topological polar surface area (TPSA) is 217 Å². The van der Waals surface area contributed by atoms with Gasteiger partial charge in [0.15, 0.2) is 0 Å². The normalized spacial score (nSPS) is 14.6. The number of hydrogen-bond donors (Lipinski definition) is 8. The summed E-state index contributed by atoms with van der Waals surface area (Å²) in [5, 5.41) is 24.8. The van der Waals surface area contributed by atoms with Gasteiger partial charge in [-0.3, -0.25) is 19.2 Å². The highest BCUT2D eigenvalue weighted by Crippen LogP contribution is 2.01. The lowest BCUT2D eigenvalue weighted by atomic mass is 10.1. The molecule has 30 heavy (non-hydrogen) atoms. The molecule has 4 atom stereocenters. The molecule has 0 aliphatic carbocycles. The van der Waals surface area contributed by atoms with Crippen molar-refractivity contribution >= 4 is 42.3 Å². The molecule has 4 unspecified atom stereocenters. The molecule has 0 radical (unpaired) electrons. The SMILES string of the molecule is CC(NC(=O)C(N)CC(=O)O)C(=O)NC(CS)C(=O)NC(Cc1cnc[nH]1)C(=O)O. The Morgan fingerprint density at radius 3 is 2.23 bits per heavy atom.